The molecule has 1 saturated heterocycles. The van der Waals surface area contributed by atoms with Crippen LogP contribution in [0.4, 0.5) is 4.39 Å². The van der Waals surface area contributed by atoms with Crippen LogP contribution in [-0.2, 0) is 27.7 Å². The van der Waals surface area contributed by atoms with Crippen LogP contribution >= 0.6 is 0 Å². The highest BCUT2D eigenvalue weighted by molar-refractivity contribution is 7.89. The van der Waals surface area contributed by atoms with Crippen LogP contribution in [0.3, 0.4) is 0 Å². The molecule has 2 N–H and O–H groups in total. The van der Waals surface area contributed by atoms with Gasteiger partial charge in [-0.2, -0.15) is 4.31 Å². The molecule has 1 aliphatic carbocycles. The molecule has 7 nitrogen and oxygen atoms in total. The number of aryl methyl sites for hydroxylation is 2. The molecule has 2 aliphatic rings. The monoisotopic (exact) mass is 445 g/mol. The molecule has 1 aliphatic heterocycles. The van der Waals surface area contributed by atoms with E-state index in [1.165, 1.54) is 28.1 Å². The van der Waals surface area contributed by atoms with Gasteiger partial charge in [-0.15, -0.1) is 0 Å². The summed E-state index contributed by atoms with van der Waals surface area (Å²) in [6, 6.07) is 10.8. The molecule has 0 bridgehead atoms. The van der Waals surface area contributed by atoms with Crippen LogP contribution in [0.25, 0.3) is 0 Å². The molecule has 0 saturated carbocycles. The van der Waals surface area contributed by atoms with Gasteiger partial charge in [0.25, 0.3) is 5.91 Å². The van der Waals surface area contributed by atoms with Crippen molar-refractivity contribution in [3.05, 3.63) is 65.0 Å². The lowest BCUT2D eigenvalue weighted by Gasteiger charge is -2.30. The van der Waals surface area contributed by atoms with Crippen molar-refractivity contribution in [3.8, 4) is 0 Å². The van der Waals surface area contributed by atoms with Crippen molar-refractivity contribution in [2.75, 3.05) is 13.1 Å². The summed E-state index contributed by atoms with van der Waals surface area (Å²) in [5.41, 5.74) is 6.68. The predicted octanol–water partition coefficient (Wildman–Crippen LogP) is 2.18. The Labute approximate surface area is 180 Å². The van der Waals surface area contributed by atoms with E-state index in [1.807, 2.05) is 6.07 Å². The summed E-state index contributed by atoms with van der Waals surface area (Å²) in [4.78, 5) is 24.7. The first-order valence-corrected chi connectivity index (χ1v) is 11.8. The highest BCUT2D eigenvalue weighted by Crippen LogP contribution is 2.28. The van der Waals surface area contributed by atoms with Crippen LogP contribution in [0.5, 0.6) is 0 Å². The van der Waals surface area contributed by atoms with E-state index in [2.05, 4.69) is 10.9 Å². The fourth-order valence-corrected chi connectivity index (χ4v) is 5.67. The largest absolute Gasteiger partial charge is 0.273 e. The van der Waals surface area contributed by atoms with Crippen molar-refractivity contribution in [2.24, 2.45) is 5.92 Å². The maximum atomic E-state index is 13.7. The molecular formula is C22H24FN3O4S. The Hall–Kier alpha value is -2.78. The van der Waals surface area contributed by atoms with Crippen molar-refractivity contribution >= 4 is 21.8 Å². The van der Waals surface area contributed by atoms with E-state index in [4.69, 9.17) is 0 Å². The number of amides is 2. The molecular weight excluding hydrogens is 421 g/mol. The fourth-order valence-electron chi connectivity index (χ4n) is 4.15. The van der Waals surface area contributed by atoms with E-state index >= 15 is 0 Å². The van der Waals surface area contributed by atoms with Gasteiger partial charge in [0, 0.05) is 19.0 Å². The molecule has 9 heteroatoms. The number of carbonyl (C=O) groups is 2. The van der Waals surface area contributed by atoms with Gasteiger partial charge in [0.2, 0.25) is 15.9 Å². The summed E-state index contributed by atoms with van der Waals surface area (Å²) in [5, 5.41) is 0. The number of hydrogen-bond donors (Lipinski definition) is 2. The Bertz CT molecular complexity index is 1110. The van der Waals surface area contributed by atoms with Crippen molar-refractivity contribution in [3.63, 3.8) is 0 Å². The average molecular weight is 446 g/mol. The summed E-state index contributed by atoms with van der Waals surface area (Å²) in [6.45, 7) is 0.442. The number of nitrogens with one attached hydrogen (secondary N) is 2. The Kier molecular flexibility index (Phi) is 6.06. The maximum absolute atomic E-state index is 13.7. The third-order valence-electron chi connectivity index (χ3n) is 5.95. The number of rotatable bonds is 4. The van der Waals surface area contributed by atoms with E-state index in [-0.39, 0.29) is 18.7 Å². The lowest BCUT2D eigenvalue weighted by Crippen LogP contribution is -2.48. The van der Waals surface area contributed by atoms with Crippen molar-refractivity contribution in [2.45, 2.75) is 37.0 Å². The van der Waals surface area contributed by atoms with Crippen molar-refractivity contribution in [1.82, 2.24) is 15.2 Å². The van der Waals surface area contributed by atoms with Crippen LogP contribution < -0.4 is 10.9 Å². The number of piperidine rings is 1. The molecule has 2 aromatic carbocycles. The van der Waals surface area contributed by atoms with Gasteiger partial charge in [0.1, 0.15) is 5.82 Å². The molecule has 0 aromatic heterocycles. The number of sulfonamides is 1. The minimum Gasteiger partial charge on any atom is -0.273 e. The number of benzene rings is 2. The molecule has 1 fully saturated rings. The zero-order chi connectivity index (χ0) is 22.0. The number of hydrazine groups is 1. The van der Waals surface area contributed by atoms with Gasteiger partial charge in [-0.3, -0.25) is 20.4 Å². The Morgan fingerprint density at radius 2 is 1.68 bits per heavy atom. The molecule has 0 atom stereocenters. The Balaban J connectivity index is 1.32. The van der Waals surface area contributed by atoms with Crippen molar-refractivity contribution < 1.29 is 22.4 Å². The molecule has 0 spiro atoms. The number of nitrogens with zero attached hydrogens (tertiary/aromatic N) is 1. The van der Waals surface area contributed by atoms with E-state index in [0.29, 0.717) is 17.7 Å². The predicted molar refractivity (Wildman–Crippen MR) is 112 cm³/mol. The average Bonchev–Trinajstić information content (AvgIpc) is 3.25. The fraction of sp³-hybridized carbons (Fsp3) is 0.364. The van der Waals surface area contributed by atoms with Gasteiger partial charge in [0.15, 0.2) is 0 Å². The van der Waals surface area contributed by atoms with Crippen LogP contribution in [0.1, 0.15) is 40.7 Å². The molecule has 31 heavy (non-hydrogen) atoms. The van der Waals surface area contributed by atoms with Gasteiger partial charge in [-0.1, -0.05) is 18.2 Å². The van der Waals surface area contributed by atoms with Crippen LogP contribution in [0.15, 0.2) is 47.4 Å². The first kappa shape index (κ1) is 21.5. The number of halogens is 1. The second-order valence-corrected chi connectivity index (χ2v) is 9.82. The standard InChI is InChI=1S/C22H24FN3O4S/c23-20-7-2-1-6-19(20)22(28)25-24-21(27)16-10-12-26(13-11-16)31(29,30)18-9-8-15-4-3-5-17(15)14-18/h1-2,6-9,14,16H,3-5,10-13H2,(H,24,27)(H,25,28). The minimum absolute atomic E-state index is 0.168. The Morgan fingerprint density at radius 1 is 0.968 bits per heavy atom. The van der Waals surface area contributed by atoms with Crippen molar-refractivity contribution in [1.29, 1.82) is 0 Å². The van der Waals surface area contributed by atoms with Crippen LogP contribution in [0.2, 0.25) is 0 Å². The third kappa shape index (κ3) is 4.47. The second-order valence-electron chi connectivity index (χ2n) is 7.89. The van der Waals surface area contributed by atoms with Gasteiger partial charge >= 0.3 is 0 Å². The minimum atomic E-state index is -3.61. The Morgan fingerprint density at radius 3 is 2.42 bits per heavy atom. The highest BCUT2D eigenvalue weighted by atomic mass is 32.2. The van der Waals surface area contributed by atoms with E-state index in [0.717, 1.165) is 30.9 Å². The van der Waals surface area contributed by atoms with E-state index in [1.54, 1.807) is 12.1 Å². The molecule has 4 rings (SSSR count). The highest BCUT2D eigenvalue weighted by Gasteiger charge is 2.32. The topological polar surface area (TPSA) is 95.6 Å². The van der Waals surface area contributed by atoms with E-state index < -0.39 is 33.6 Å². The van der Waals surface area contributed by atoms with Gasteiger partial charge < -0.3 is 0 Å². The molecule has 2 amide bonds. The van der Waals surface area contributed by atoms with Gasteiger partial charge in [-0.05, 0) is 67.5 Å². The lowest BCUT2D eigenvalue weighted by molar-refractivity contribution is -0.126. The summed E-state index contributed by atoms with van der Waals surface area (Å²) < 4.78 is 41.1. The summed E-state index contributed by atoms with van der Waals surface area (Å²) in [6.07, 6.45) is 3.62. The lowest BCUT2D eigenvalue weighted by atomic mass is 9.98. The third-order valence-corrected chi connectivity index (χ3v) is 7.84. The van der Waals surface area contributed by atoms with Gasteiger partial charge in [-0.25, -0.2) is 12.8 Å². The summed E-state index contributed by atoms with van der Waals surface area (Å²) in [7, 11) is -3.61. The number of fused-ring (bicyclic) bond motifs is 1. The quantitative estimate of drug-likeness (QED) is 0.705. The van der Waals surface area contributed by atoms with E-state index in [9.17, 15) is 22.4 Å². The first-order valence-electron chi connectivity index (χ1n) is 10.3. The molecule has 0 unspecified atom stereocenters. The number of carbonyl (C=O) groups excluding carboxylic acids is 2. The molecule has 1 heterocycles. The summed E-state index contributed by atoms with van der Waals surface area (Å²) >= 11 is 0. The zero-order valence-corrected chi connectivity index (χ0v) is 17.8. The number of hydrogen-bond acceptors (Lipinski definition) is 4. The first-order chi connectivity index (χ1) is 14.9. The van der Waals surface area contributed by atoms with Crippen LogP contribution in [0, 0.1) is 11.7 Å². The zero-order valence-electron chi connectivity index (χ0n) is 16.9. The normalized spacial score (nSPS) is 17.2. The maximum Gasteiger partial charge on any atom is 0.272 e. The second kappa shape index (κ2) is 8.76. The smallest absolute Gasteiger partial charge is 0.272 e. The molecule has 0 radical (unpaired) electrons. The summed E-state index contributed by atoms with van der Waals surface area (Å²) in [5.74, 6) is -2.28. The molecule has 164 valence electrons. The molecule has 2 aromatic rings. The van der Waals surface area contributed by atoms with Gasteiger partial charge in [0.05, 0.1) is 10.5 Å². The van der Waals surface area contributed by atoms with Crippen LogP contribution in [-0.4, -0.2) is 37.6 Å². The SMILES string of the molecule is O=C(NNC(=O)C1CCN(S(=O)(=O)c2ccc3c(c2)CCC3)CC1)c1ccccc1F.